The SMILES string of the molecule is COC(=O)/C=C1/S/C(=N\N=Cc2c(F)cc(Br)c(F)c2F)NC1=O. The average Bonchev–Trinajstić information content (AvgIpc) is 2.88. The van der Waals surface area contributed by atoms with Crippen molar-refractivity contribution in [1.29, 1.82) is 0 Å². The summed E-state index contributed by atoms with van der Waals surface area (Å²) in [5.74, 6) is -5.07. The van der Waals surface area contributed by atoms with Gasteiger partial charge in [-0.1, -0.05) is 0 Å². The molecule has 1 N–H and O–H groups in total. The Bertz CT molecular complexity index is 811. The van der Waals surface area contributed by atoms with E-state index in [1.165, 1.54) is 0 Å². The molecule has 2 rings (SSSR count). The van der Waals surface area contributed by atoms with Gasteiger partial charge in [0.25, 0.3) is 5.91 Å². The molecule has 1 saturated heterocycles. The van der Waals surface area contributed by atoms with Gasteiger partial charge in [0.1, 0.15) is 5.82 Å². The van der Waals surface area contributed by atoms with E-state index in [0.717, 1.165) is 31.0 Å². The number of carbonyl (C=O) groups excluding carboxylic acids is 2. The first-order valence-corrected chi connectivity index (χ1v) is 7.67. The maximum absolute atomic E-state index is 13.6. The monoisotopic (exact) mass is 421 g/mol. The third-order valence-electron chi connectivity index (χ3n) is 2.59. The van der Waals surface area contributed by atoms with Gasteiger partial charge >= 0.3 is 5.97 Å². The molecule has 0 spiro atoms. The number of amides is 1. The number of halogens is 4. The molecule has 24 heavy (non-hydrogen) atoms. The van der Waals surface area contributed by atoms with Crippen LogP contribution in [0.3, 0.4) is 0 Å². The van der Waals surface area contributed by atoms with Crippen molar-refractivity contribution in [1.82, 2.24) is 5.32 Å². The van der Waals surface area contributed by atoms with Crippen LogP contribution < -0.4 is 5.32 Å². The van der Waals surface area contributed by atoms with Crippen molar-refractivity contribution >= 4 is 51.0 Å². The van der Waals surface area contributed by atoms with E-state index in [1.54, 1.807) is 0 Å². The molecule has 11 heteroatoms. The van der Waals surface area contributed by atoms with Gasteiger partial charge < -0.3 is 4.74 Å². The first kappa shape index (κ1) is 18.2. The summed E-state index contributed by atoms with van der Waals surface area (Å²) in [5.41, 5.74) is -0.723. The third-order valence-corrected chi connectivity index (χ3v) is 4.06. The Morgan fingerprint density at radius 1 is 1.38 bits per heavy atom. The van der Waals surface area contributed by atoms with E-state index in [4.69, 9.17) is 0 Å². The number of nitrogens with zero attached hydrogens (tertiary/aromatic N) is 2. The number of thioether (sulfide) groups is 1. The second kappa shape index (κ2) is 7.62. The van der Waals surface area contributed by atoms with Gasteiger partial charge in [-0.05, 0) is 33.8 Å². The largest absolute Gasteiger partial charge is 0.466 e. The summed E-state index contributed by atoms with van der Waals surface area (Å²) in [6, 6.07) is 0.746. The zero-order chi connectivity index (χ0) is 17.9. The molecule has 1 aromatic carbocycles. The van der Waals surface area contributed by atoms with Crippen molar-refractivity contribution in [3.8, 4) is 0 Å². The third kappa shape index (κ3) is 4.03. The maximum Gasteiger partial charge on any atom is 0.331 e. The highest BCUT2D eigenvalue weighted by Gasteiger charge is 2.25. The Balaban J connectivity index is 2.19. The van der Waals surface area contributed by atoms with Crippen LogP contribution in [0.5, 0.6) is 0 Å². The predicted octanol–water partition coefficient (Wildman–Crippen LogP) is 2.48. The summed E-state index contributed by atoms with van der Waals surface area (Å²) in [7, 11) is 1.15. The van der Waals surface area contributed by atoms with Gasteiger partial charge in [0.05, 0.1) is 28.3 Å². The molecule has 126 valence electrons. The van der Waals surface area contributed by atoms with Gasteiger partial charge in [0.2, 0.25) is 0 Å². The Labute approximate surface area is 146 Å². The lowest BCUT2D eigenvalue weighted by atomic mass is 10.2. The van der Waals surface area contributed by atoms with Crippen LogP contribution in [0.2, 0.25) is 0 Å². The zero-order valence-electron chi connectivity index (χ0n) is 11.8. The van der Waals surface area contributed by atoms with Crippen LogP contribution >= 0.6 is 27.7 Å². The van der Waals surface area contributed by atoms with Crippen molar-refractivity contribution in [2.24, 2.45) is 10.2 Å². The summed E-state index contributed by atoms with van der Waals surface area (Å²) in [6.07, 6.45) is 1.62. The van der Waals surface area contributed by atoms with Crippen LogP contribution in [-0.4, -0.2) is 30.4 Å². The van der Waals surface area contributed by atoms with Crippen LogP contribution in [-0.2, 0) is 14.3 Å². The van der Waals surface area contributed by atoms with Crippen molar-refractivity contribution in [3.63, 3.8) is 0 Å². The number of ether oxygens (including phenoxy) is 1. The molecular formula is C13H7BrF3N3O3S. The molecule has 0 bridgehead atoms. The molecule has 1 aliphatic rings. The fourth-order valence-electron chi connectivity index (χ4n) is 1.48. The Hall–Kier alpha value is -2.14. The topological polar surface area (TPSA) is 80.1 Å². The molecule has 1 amide bonds. The number of nitrogens with one attached hydrogen (secondary N) is 1. The molecule has 0 aliphatic carbocycles. The van der Waals surface area contributed by atoms with Crippen molar-refractivity contribution in [2.45, 2.75) is 0 Å². The van der Waals surface area contributed by atoms with E-state index in [-0.39, 0.29) is 14.5 Å². The lowest BCUT2D eigenvalue weighted by Gasteiger charge is -2.01. The Kier molecular flexibility index (Phi) is 5.78. The van der Waals surface area contributed by atoms with E-state index < -0.39 is 34.9 Å². The number of carbonyl (C=O) groups is 2. The highest BCUT2D eigenvalue weighted by molar-refractivity contribution is 9.10. The van der Waals surface area contributed by atoms with Crippen LogP contribution in [0.15, 0.2) is 31.7 Å². The standard InChI is InChI=1S/C13H7BrF3N3O3S/c1-23-9(21)3-8-12(22)19-13(24-8)20-18-4-5-7(15)2-6(14)11(17)10(5)16/h2-4H,1H3,(H,19,20,22)/b8-3+,18-4?. The zero-order valence-corrected chi connectivity index (χ0v) is 14.2. The highest BCUT2D eigenvalue weighted by atomic mass is 79.9. The number of esters is 1. The minimum Gasteiger partial charge on any atom is -0.466 e. The van der Waals surface area contributed by atoms with Crippen molar-refractivity contribution in [2.75, 3.05) is 7.11 Å². The smallest absolute Gasteiger partial charge is 0.331 e. The van der Waals surface area contributed by atoms with Gasteiger partial charge in [-0.2, -0.15) is 5.10 Å². The fourth-order valence-corrected chi connectivity index (χ4v) is 2.59. The summed E-state index contributed by atoms with van der Waals surface area (Å²) < 4.78 is 44.6. The first-order chi connectivity index (χ1) is 11.3. The molecule has 1 fully saturated rings. The van der Waals surface area contributed by atoms with Gasteiger partial charge in [0, 0.05) is 6.08 Å². The summed E-state index contributed by atoms with van der Waals surface area (Å²) in [5, 5.41) is 9.21. The van der Waals surface area contributed by atoms with Gasteiger partial charge in [0.15, 0.2) is 16.8 Å². The van der Waals surface area contributed by atoms with Gasteiger partial charge in [-0.25, -0.2) is 18.0 Å². The number of hydrogen-bond acceptors (Lipinski definition) is 6. The molecule has 0 saturated carbocycles. The lowest BCUT2D eigenvalue weighted by molar-refractivity contribution is -0.135. The minimum atomic E-state index is -1.43. The number of methoxy groups -OCH3 is 1. The molecule has 1 heterocycles. The second-order valence-corrected chi connectivity index (χ2v) is 6.00. The van der Waals surface area contributed by atoms with E-state index in [1.807, 2.05) is 0 Å². The molecule has 1 aromatic rings. The van der Waals surface area contributed by atoms with Gasteiger partial charge in [-0.15, -0.1) is 5.10 Å². The van der Waals surface area contributed by atoms with Crippen molar-refractivity contribution in [3.05, 3.63) is 44.5 Å². The molecule has 0 atom stereocenters. The summed E-state index contributed by atoms with van der Waals surface area (Å²) in [4.78, 5) is 22.6. The normalized spacial score (nSPS) is 17.8. The van der Waals surface area contributed by atoms with E-state index in [2.05, 4.69) is 36.2 Å². The molecule has 6 nitrogen and oxygen atoms in total. The van der Waals surface area contributed by atoms with Crippen LogP contribution in [0.25, 0.3) is 0 Å². The van der Waals surface area contributed by atoms with E-state index in [0.29, 0.717) is 6.21 Å². The predicted molar refractivity (Wildman–Crippen MR) is 84.9 cm³/mol. The summed E-state index contributed by atoms with van der Waals surface area (Å²) >= 11 is 3.45. The number of amidine groups is 1. The van der Waals surface area contributed by atoms with E-state index in [9.17, 15) is 22.8 Å². The molecule has 0 aromatic heterocycles. The molecular weight excluding hydrogens is 415 g/mol. The summed E-state index contributed by atoms with van der Waals surface area (Å²) in [6.45, 7) is 0. The molecule has 1 aliphatic heterocycles. The van der Waals surface area contributed by atoms with Crippen LogP contribution in [0, 0.1) is 17.5 Å². The van der Waals surface area contributed by atoms with E-state index >= 15 is 0 Å². The van der Waals surface area contributed by atoms with Gasteiger partial charge in [-0.3, -0.25) is 10.1 Å². The number of hydrogen-bond donors (Lipinski definition) is 1. The Morgan fingerprint density at radius 3 is 2.75 bits per heavy atom. The maximum atomic E-state index is 13.6. The molecule has 0 radical (unpaired) electrons. The fraction of sp³-hybridized carbons (Fsp3) is 0.0769. The highest BCUT2D eigenvalue weighted by Crippen LogP contribution is 2.24. The lowest BCUT2D eigenvalue weighted by Crippen LogP contribution is -2.19. The second-order valence-electron chi connectivity index (χ2n) is 4.12. The van der Waals surface area contributed by atoms with Crippen LogP contribution in [0.1, 0.15) is 5.56 Å². The van der Waals surface area contributed by atoms with Crippen molar-refractivity contribution < 1.29 is 27.5 Å². The number of benzene rings is 1. The Morgan fingerprint density at radius 2 is 2.08 bits per heavy atom. The average molecular weight is 422 g/mol. The number of rotatable bonds is 3. The van der Waals surface area contributed by atoms with Crippen LogP contribution in [0.4, 0.5) is 13.2 Å². The quantitative estimate of drug-likeness (QED) is 0.203. The first-order valence-electron chi connectivity index (χ1n) is 6.06. The molecule has 0 unspecified atom stereocenters. The minimum absolute atomic E-state index is 0.0165.